The average molecular weight is 261 g/mol. The van der Waals surface area contributed by atoms with Crippen LogP contribution in [0.3, 0.4) is 0 Å². The third-order valence-corrected chi connectivity index (χ3v) is 3.78. The molecule has 1 saturated heterocycles. The number of halogens is 1. The minimum absolute atomic E-state index is 0.214. The van der Waals surface area contributed by atoms with Gasteiger partial charge in [-0.3, -0.25) is 4.90 Å². The SMILES string of the molecule is CC1(C)CCCN1Cc1ccc(F)c(C#CCO)c1. The highest BCUT2D eigenvalue weighted by Crippen LogP contribution is 2.29. The molecule has 0 amide bonds. The minimum Gasteiger partial charge on any atom is -0.384 e. The van der Waals surface area contributed by atoms with E-state index in [1.54, 1.807) is 6.07 Å². The van der Waals surface area contributed by atoms with Crippen molar-refractivity contribution in [1.29, 1.82) is 0 Å². The number of likely N-dealkylation sites (tertiary alicyclic amines) is 1. The van der Waals surface area contributed by atoms with E-state index in [1.807, 2.05) is 6.07 Å². The maximum atomic E-state index is 13.6. The first-order valence-corrected chi connectivity index (χ1v) is 6.66. The predicted molar refractivity (Wildman–Crippen MR) is 74.1 cm³/mol. The molecule has 0 aliphatic carbocycles. The maximum Gasteiger partial charge on any atom is 0.138 e. The van der Waals surface area contributed by atoms with Crippen LogP contribution in [0.2, 0.25) is 0 Å². The van der Waals surface area contributed by atoms with Gasteiger partial charge in [0.1, 0.15) is 12.4 Å². The van der Waals surface area contributed by atoms with Gasteiger partial charge in [-0.25, -0.2) is 4.39 Å². The first-order valence-electron chi connectivity index (χ1n) is 6.66. The monoisotopic (exact) mass is 261 g/mol. The first-order chi connectivity index (χ1) is 9.03. The van der Waals surface area contributed by atoms with E-state index in [0.29, 0.717) is 5.56 Å². The Morgan fingerprint density at radius 1 is 1.42 bits per heavy atom. The second kappa shape index (κ2) is 5.73. The molecule has 102 valence electrons. The number of benzene rings is 1. The van der Waals surface area contributed by atoms with E-state index in [4.69, 9.17) is 5.11 Å². The minimum atomic E-state index is -0.328. The normalized spacial score (nSPS) is 18.1. The second-order valence-electron chi connectivity index (χ2n) is 5.61. The summed E-state index contributed by atoms with van der Waals surface area (Å²) in [5.41, 5.74) is 1.65. The number of nitrogens with zero attached hydrogens (tertiary/aromatic N) is 1. The quantitative estimate of drug-likeness (QED) is 0.827. The number of hydrogen-bond acceptors (Lipinski definition) is 2. The first kappa shape index (κ1) is 14.0. The van der Waals surface area contributed by atoms with Crippen molar-refractivity contribution in [2.45, 2.75) is 38.8 Å². The Balaban J connectivity index is 2.17. The topological polar surface area (TPSA) is 23.5 Å². The maximum absolute atomic E-state index is 13.6. The van der Waals surface area contributed by atoms with E-state index in [0.717, 1.165) is 18.7 Å². The van der Waals surface area contributed by atoms with Gasteiger partial charge < -0.3 is 5.11 Å². The molecule has 0 radical (unpaired) electrons. The molecule has 0 aromatic heterocycles. The standard InChI is InChI=1S/C16H20FNO/c1-16(2)8-4-9-18(16)12-13-6-7-15(17)14(11-13)5-3-10-19/h6-7,11,19H,4,8-10,12H2,1-2H3. The van der Waals surface area contributed by atoms with Crippen molar-refractivity contribution >= 4 is 0 Å². The Hall–Kier alpha value is -1.37. The molecule has 0 unspecified atom stereocenters. The fraction of sp³-hybridized carbons (Fsp3) is 0.500. The average Bonchev–Trinajstić information content (AvgIpc) is 2.69. The van der Waals surface area contributed by atoms with Gasteiger partial charge in [0.25, 0.3) is 0 Å². The number of aliphatic hydroxyl groups excluding tert-OH is 1. The Morgan fingerprint density at radius 3 is 2.84 bits per heavy atom. The smallest absolute Gasteiger partial charge is 0.138 e. The number of rotatable bonds is 2. The highest BCUT2D eigenvalue weighted by molar-refractivity contribution is 5.38. The third-order valence-electron chi connectivity index (χ3n) is 3.78. The molecule has 0 saturated carbocycles. The van der Waals surface area contributed by atoms with Crippen molar-refractivity contribution in [2.24, 2.45) is 0 Å². The lowest BCUT2D eigenvalue weighted by Gasteiger charge is -2.31. The summed E-state index contributed by atoms with van der Waals surface area (Å²) in [5.74, 6) is 4.82. The van der Waals surface area contributed by atoms with Crippen LogP contribution in [0.25, 0.3) is 0 Å². The fourth-order valence-corrected chi connectivity index (χ4v) is 2.58. The molecule has 2 nitrogen and oxygen atoms in total. The molecule has 1 heterocycles. The summed E-state index contributed by atoms with van der Waals surface area (Å²) < 4.78 is 13.6. The summed E-state index contributed by atoms with van der Waals surface area (Å²) in [6, 6.07) is 5.06. The molecule has 0 atom stereocenters. The number of aliphatic hydroxyl groups is 1. The molecular formula is C16H20FNO. The highest BCUT2D eigenvalue weighted by Gasteiger charge is 2.31. The Bertz CT molecular complexity index is 513. The Labute approximate surface area is 114 Å². The van der Waals surface area contributed by atoms with E-state index >= 15 is 0 Å². The van der Waals surface area contributed by atoms with E-state index < -0.39 is 0 Å². The second-order valence-corrected chi connectivity index (χ2v) is 5.61. The van der Waals surface area contributed by atoms with Crippen LogP contribution in [0.15, 0.2) is 18.2 Å². The highest BCUT2D eigenvalue weighted by atomic mass is 19.1. The van der Waals surface area contributed by atoms with Crippen molar-refractivity contribution < 1.29 is 9.50 Å². The van der Waals surface area contributed by atoms with Gasteiger partial charge in [-0.05, 0) is 50.9 Å². The van der Waals surface area contributed by atoms with Crippen molar-refractivity contribution in [1.82, 2.24) is 4.90 Å². The van der Waals surface area contributed by atoms with Gasteiger partial charge in [-0.2, -0.15) is 0 Å². The summed E-state index contributed by atoms with van der Waals surface area (Å²) in [5, 5.41) is 8.68. The van der Waals surface area contributed by atoms with Crippen molar-refractivity contribution in [3.63, 3.8) is 0 Å². The molecule has 0 bridgehead atoms. The summed E-state index contributed by atoms with van der Waals surface area (Å²) in [7, 11) is 0. The third kappa shape index (κ3) is 3.34. The van der Waals surface area contributed by atoms with Gasteiger partial charge in [-0.1, -0.05) is 17.9 Å². The van der Waals surface area contributed by atoms with Crippen molar-refractivity contribution in [2.75, 3.05) is 13.2 Å². The van der Waals surface area contributed by atoms with Crippen LogP contribution >= 0.6 is 0 Å². The van der Waals surface area contributed by atoms with Crippen LogP contribution in [-0.2, 0) is 6.54 Å². The largest absolute Gasteiger partial charge is 0.384 e. The van der Waals surface area contributed by atoms with Gasteiger partial charge in [0, 0.05) is 12.1 Å². The lowest BCUT2D eigenvalue weighted by molar-refractivity contribution is 0.166. The summed E-state index contributed by atoms with van der Waals surface area (Å²) in [6.45, 7) is 6.15. The zero-order valence-corrected chi connectivity index (χ0v) is 11.5. The lowest BCUT2D eigenvalue weighted by atomic mass is 10.0. The van der Waals surface area contributed by atoms with Crippen LogP contribution < -0.4 is 0 Å². The molecule has 1 aliphatic heterocycles. The zero-order chi connectivity index (χ0) is 13.9. The van der Waals surface area contributed by atoms with Gasteiger partial charge >= 0.3 is 0 Å². The van der Waals surface area contributed by atoms with Crippen LogP contribution in [0.5, 0.6) is 0 Å². The van der Waals surface area contributed by atoms with Crippen LogP contribution in [-0.4, -0.2) is 28.7 Å². The van der Waals surface area contributed by atoms with Gasteiger partial charge in [0.05, 0.1) is 5.56 Å². The van der Waals surface area contributed by atoms with E-state index in [-0.39, 0.29) is 18.0 Å². The molecule has 1 N–H and O–H groups in total. The van der Waals surface area contributed by atoms with Crippen molar-refractivity contribution in [3.05, 3.63) is 35.1 Å². The Kier molecular flexibility index (Phi) is 4.24. The summed E-state index contributed by atoms with van der Waals surface area (Å²) in [4.78, 5) is 2.42. The van der Waals surface area contributed by atoms with Gasteiger partial charge in [0.15, 0.2) is 0 Å². The molecule has 1 aliphatic rings. The summed E-state index contributed by atoms with van der Waals surface area (Å²) in [6.07, 6.45) is 2.41. The molecule has 1 aromatic carbocycles. The molecule has 2 rings (SSSR count). The van der Waals surface area contributed by atoms with Crippen LogP contribution in [0, 0.1) is 17.7 Å². The molecule has 1 aromatic rings. The summed E-state index contributed by atoms with van der Waals surface area (Å²) >= 11 is 0. The molecule has 3 heteroatoms. The number of hydrogen-bond donors (Lipinski definition) is 1. The predicted octanol–water partition coefficient (Wildman–Crippen LogP) is 2.54. The van der Waals surface area contributed by atoms with E-state index in [1.165, 1.54) is 18.9 Å². The molecule has 0 spiro atoms. The zero-order valence-electron chi connectivity index (χ0n) is 11.5. The van der Waals surface area contributed by atoms with Gasteiger partial charge in [-0.15, -0.1) is 0 Å². The van der Waals surface area contributed by atoms with Crippen LogP contribution in [0.1, 0.15) is 37.8 Å². The van der Waals surface area contributed by atoms with Crippen molar-refractivity contribution in [3.8, 4) is 11.8 Å². The van der Waals surface area contributed by atoms with E-state index in [2.05, 4.69) is 30.6 Å². The Morgan fingerprint density at radius 2 is 2.21 bits per heavy atom. The fourth-order valence-electron chi connectivity index (χ4n) is 2.58. The lowest BCUT2D eigenvalue weighted by Crippen LogP contribution is -2.37. The molecular weight excluding hydrogens is 241 g/mol. The molecule has 19 heavy (non-hydrogen) atoms. The van der Waals surface area contributed by atoms with Gasteiger partial charge in [0.2, 0.25) is 0 Å². The van der Waals surface area contributed by atoms with E-state index in [9.17, 15) is 4.39 Å². The van der Waals surface area contributed by atoms with Crippen LogP contribution in [0.4, 0.5) is 4.39 Å². The molecule has 1 fully saturated rings.